The lowest BCUT2D eigenvalue weighted by atomic mass is 9.67. The van der Waals surface area contributed by atoms with Gasteiger partial charge >= 0.3 is 12.1 Å². The highest BCUT2D eigenvalue weighted by Crippen LogP contribution is 2.47. The molecule has 1 aromatic rings. The lowest BCUT2D eigenvalue weighted by molar-refractivity contribution is 0.0560. The van der Waals surface area contributed by atoms with Crippen molar-refractivity contribution in [3.63, 3.8) is 0 Å². The molecule has 7 heteroatoms. The lowest BCUT2D eigenvalue weighted by Crippen LogP contribution is -2.54. The predicted molar refractivity (Wildman–Crippen MR) is 142 cm³/mol. The molecule has 3 aliphatic rings. The number of ether oxygens (including phenoxy) is 1. The highest BCUT2D eigenvalue weighted by Gasteiger charge is 2.43. The Bertz CT molecular complexity index is 869. The normalized spacial score (nSPS) is 20.3. The minimum Gasteiger partial charge on any atom is -0.445 e. The highest BCUT2D eigenvalue weighted by molar-refractivity contribution is 5.93. The van der Waals surface area contributed by atoms with Crippen LogP contribution in [0.2, 0.25) is 0 Å². The van der Waals surface area contributed by atoms with Crippen LogP contribution in [-0.2, 0) is 10.2 Å². The minimum absolute atomic E-state index is 0.0609. The van der Waals surface area contributed by atoms with Gasteiger partial charge in [0.2, 0.25) is 0 Å². The predicted octanol–water partition coefficient (Wildman–Crippen LogP) is 5.12. The number of carbonyl (C=O) groups excluding carboxylic acids is 2. The summed E-state index contributed by atoms with van der Waals surface area (Å²) in [4.78, 5) is 33.0. The molecule has 1 spiro atoms. The molecular formula is C28H44N4O3. The summed E-state index contributed by atoms with van der Waals surface area (Å²) in [6, 6.07) is 9.09. The number of rotatable bonds is 3. The molecule has 0 bridgehead atoms. The molecule has 0 N–H and O–H groups in total. The molecule has 3 amide bonds. The van der Waals surface area contributed by atoms with Gasteiger partial charge in [-0.2, -0.15) is 0 Å². The SMILES string of the molecule is CC.CC=CCOC(=O)N1CCC(N2CCC3(CCN(C(=O)N(C)C)c4ccccc43)CC2)CC1. The zero-order valence-electron chi connectivity index (χ0n) is 22.3. The van der Waals surface area contributed by atoms with E-state index in [2.05, 4.69) is 23.1 Å². The molecule has 0 aromatic heterocycles. The summed E-state index contributed by atoms with van der Waals surface area (Å²) in [7, 11) is 3.64. The number of hydrogen-bond donors (Lipinski definition) is 0. The summed E-state index contributed by atoms with van der Waals surface area (Å²) in [6.07, 6.45) is 8.84. The van der Waals surface area contributed by atoms with E-state index >= 15 is 0 Å². The molecule has 3 aliphatic heterocycles. The van der Waals surface area contributed by atoms with Crippen LogP contribution in [0.3, 0.4) is 0 Å². The number of likely N-dealkylation sites (tertiary alicyclic amines) is 2. The minimum atomic E-state index is -0.195. The third-order valence-corrected chi connectivity index (χ3v) is 7.73. The number of hydrogen-bond acceptors (Lipinski definition) is 4. The fourth-order valence-corrected chi connectivity index (χ4v) is 5.74. The van der Waals surface area contributed by atoms with Crippen molar-refractivity contribution in [1.29, 1.82) is 0 Å². The molecular weight excluding hydrogens is 440 g/mol. The van der Waals surface area contributed by atoms with E-state index in [1.54, 1.807) is 4.90 Å². The number of allylic oxidation sites excluding steroid dienone is 1. The number of urea groups is 1. The van der Waals surface area contributed by atoms with Crippen LogP contribution in [0.15, 0.2) is 36.4 Å². The van der Waals surface area contributed by atoms with Gasteiger partial charge in [-0.15, -0.1) is 0 Å². The quantitative estimate of drug-likeness (QED) is 0.559. The topological polar surface area (TPSA) is 56.3 Å². The molecule has 7 nitrogen and oxygen atoms in total. The number of benzene rings is 1. The molecule has 0 saturated carbocycles. The van der Waals surface area contributed by atoms with Gasteiger partial charge in [-0.3, -0.25) is 4.90 Å². The zero-order valence-corrected chi connectivity index (χ0v) is 22.3. The number of anilines is 1. The second-order valence-corrected chi connectivity index (χ2v) is 9.78. The van der Waals surface area contributed by atoms with Crippen LogP contribution in [0.25, 0.3) is 0 Å². The summed E-state index contributed by atoms with van der Waals surface area (Å²) in [6.45, 7) is 10.7. The second kappa shape index (κ2) is 12.4. The monoisotopic (exact) mass is 484 g/mol. The first kappa shape index (κ1) is 27.1. The maximum atomic E-state index is 12.7. The average Bonchev–Trinajstić information content (AvgIpc) is 2.90. The van der Waals surface area contributed by atoms with Crippen molar-refractivity contribution in [2.75, 3.05) is 58.3 Å². The van der Waals surface area contributed by atoms with Gasteiger partial charge in [-0.05, 0) is 63.7 Å². The lowest BCUT2D eigenvalue weighted by Gasteiger charge is -2.50. The van der Waals surface area contributed by atoms with Gasteiger partial charge in [0.05, 0.1) is 0 Å². The van der Waals surface area contributed by atoms with Crippen molar-refractivity contribution in [3.05, 3.63) is 42.0 Å². The molecule has 2 saturated heterocycles. The Hall–Kier alpha value is -2.54. The smallest absolute Gasteiger partial charge is 0.410 e. The molecule has 35 heavy (non-hydrogen) atoms. The molecule has 194 valence electrons. The summed E-state index contributed by atoms with van der Waals surface area (Å²) >= 11 is 0. The molecule has 1 aromatic carbocycles. The van der Waals surface area contributed by atoms with Crippen molar-refractivity contribution in [2.24, 2.45) is 0 Å². The van der Waals surface area contributed by atoms with E-state index in [0.29, 0.717) is 12.6 Å². The Morgan fingerprint density at radius 1 is 1.03 bits per heavy atom. The van der Waals surface area contributed by atoms with E-state index in [-0.39, 0.29) is 17.5 Å². The summed E-state index contributed by atoms with van der Waals surface area (Å²) in [5, 5.41) is 0. The van der Waals surface area contributed by atoms with E-state index in [1.807, 2.05) is 62.9 Å². The number of piperidine rings is 2. The molecule has 0 radical (unpaired) electrons. The van der Waals surface area contributed by atoms with E-state index in [0.717, 1.165) is 70.5 Å². The van der Waals surface area contributed by atoms with Crippen LogP contribution in [0.5, 0.6) is 0 Å². The van der Waals surface area contributed by atoms with Crippen LogP contribution in [0.1, 0.15) is 58.4 Å². The first-order chi connectivity index (χ1) is 16.9. The first-order valence-electron chi connectivity index (χ1n) is 13.3. The van der Waals surface area contributed by atoms with Gasteiger partial charge in [0, 0.05) is 50.9 Å². The molecule has 3 heterocycles. The summed E-state index contributed by atoms with van der Waals surface area (Å²) < 4.78 is 5.31. The Morgan fingerprint density at radius 2 is 1.66 bits per heavy atom. The fraction of sp³-hybridized carbons (Fsp3) is 0.643. The van der Waals surface area contributed by atoms with E-state index in [9.17, 15) is 9.59 Å². The standard InChI is InChI=1S/C26H38N4O3.C2H6/c1-4-5-20-33-25(32)29-15-10-21(11-16-29)28-17-12-26(13-18-28)14-19-30(24(31)27(2)3)23-9-7-6-8-22(23)26;1-2/h4-9,21H,10-20H2,1-3H3;1-2H3. The van der Waals surface area contributed by atoms with E-state index in [4.69, 9.17) is 4.74 Å². The molecule has 4 rings (SSSR count). The molecule has 0 aliphatic carbocycles. The van der Waals surface area contributed by atoms with E-state index < -0.39 is 0 Å². The molecule has 0 atom stereocenters. The average molecular weight is 485 g/mol. The van der Waals surface area contributed by atoms with Gasteiger partial charge in [0.1, 0.15) is 6.61 Å². The zero-order chi connectivity index (χ0) is 25.4. The van der Waals surface area contributed by atoms with E-state index in [1.165, 1.54) is 5.56 Å². The summed E-state index contributed by atoms with van der Waals surface area (Å²) in [5.41, 5.74) is 2.58. The Labute approximate surface area is 211 Å². The number of carbonyl (C=O) groups is 2. The molecule has 2 fully saturated rings. The van der Waals surface area contributed by atoms with Gasteiger partial charge in [-0.1, -0.05) is 44.2 Å². The van der Waals surface area contributed by atoms with Gasteiger partial charge in [0.15, 0.2) is 0 Å². The van der Waals surface area contributed by atoms with Crippen molar-refractivity contribution < 1.29 is 14.3 Å². The Kier molecular flexibility index (Phi) is 9.61. The van der Waals surface area contributed by atoms with Crippen LogP contribution in [-0.4, -0.2) is 86.3 Å². The van der Waals surface area contributed by atoms with Crippen molar-refractivity contribution in [1.82, 2.24) is 14.7 Å². The van der Waals surface area contributed by atoms with Gasteiger partial charge in [0.25, 0.3) is 0 Å². The van der Waals surface area contributed by atoms with Crippen molar-refractivity contribution >= 4 is 17.8 Å². The number of para-hydroxylation sites is 1. The maximum Gasteiger partial charge on any atom is 0.410 e. The van der Waals surface area contributed by atoms with Gasteiger partial charge < -0.3 is 19.4 Å². The maximum absolute atomic E-state index is 12.7. The largest absolute Gasteiger partial charge is 0.445 e. The molecule has 0 unspecified atom stereocenters. The van der Waals surface area contributed by atoms with Crippen molar-refractivity contribution in [3.8, 4) is 0 Å². The van der Waals surface area contributed by atoms with Gasteiger partial charge in [-0.25, -0.2) is 9.59 Å². The first-order valence-corrected chi connectivity index (χ1v) is 13.3. The van der Waals surface area contributed by atoms with Crippen molar-refractivity contribution in [2.45, 2.75) is 64.3 Å². The summed E-state index contributed by atoms with van der Waals surface area (Å²) in [5.74, 6) is 0. The third-order valence-electron chi connectivity index (χ3n) is 7.73. The highest BCUT2D eigenvalue weighted by atomic mass is 16.6. The van der Waals surface area contributed by atoms with Crippen LogP contribution < -0.4 is 4.90 Å². The van der Waals surface area contributed by atoms with Crippen LogP contribution >= 0.6 is 0 Å². The Morgan fingerprint density at radius 3 is 2.29 bits per heavy atom. The third kappa shape index (κ3) is 6.00. The number of fused-ring (bicyclic) bond motifs is 2. The number of nitrogens with zero attached hydrogens (tertiary/aromatic N) is 4. The van der Waals surface area contributed by atoms with Crippen LogP contribution in [0.4, 0.5) is 15.3 Å². The fourth-order valence-electron chi connectivity index (χ4n) is 5.74. The van der Waals surface area contributed by atoms with Crippen LogP contribution in [0, 0.1) is 0 Å². The Balaban J connectivity index is 0.00000167. The number of amides is 3. The second-order valence-electron chi connectivity index (χ2n) is 9.78.